The van der Waals surface area contributed by atoms with Gasteiger partial charge in [-0.15, -0.1) is 0 Å². The third kappa shape index (κ3) is 5.75. The molecule has 0 radical (unpaired) electrons. The number of methoxy groups -OCH3 is 1. The van der Waals surface area contributed by atoms with Crippen molar-refractivity contribution in [1.29, 1.82) is 0 Å². The number of hydrogen-bond acceptors (Lipinski definition) is 3. The van der Waals surface area contributed by atoms with Crippen LogP contribution in [0.2, 0.25) is 0 Å². The van der Waals surface area contributed by atoms with Crippen LogP contribution in [0.15, 0.2) is 12.2 Å². The van der Waals surface area contributed by atoms with Crippen molar-refractivity contribution in [2.45, 2.75) is 13.2 Å². The molecule has 0 aliphatic heterocycles. The Morgan fingerprint density at radius 1 is 1.60 bits per heavy atom. The molecule has 0 bridgehead atoms. The van der Waals surface area contributed by atoms with Crippen molar-refractivity contribution >= 4 is 0 Å². The van der Waals surface area contributed by atoms with Crippen molar-refractivity contribution in [3.63, 3.8) is 0 Å². The summed E-state index contributed by atoms with van der Waals surface area (Å²) in [5, 5.41) is 8.89. The zero-order chi connectivity index (χ0) is 7.82. The van der Waals surface area contributed by atoms with Crippen molar-refractivity contribution in [2.24, 2.45) is 0 Å². The van der Waals surface area contributed by atoms with E-state index in [0.29, 0.717) is 6.61 Å². The van der Waals surface area contributed by atoms with Gasteiger partial charge in [0, 0.05) is 7.11 Å². The van der Waals surface area contributed by atoms with Crippen LogP contribution < -0.4 is 0 Å². The zero-order valence-corrected chi connectivity index (χ0v) is 6.41. The van der Waals surface area contributed by atoms with E-state index in [2.05, 4.69) is 4.74 Å². The predicted molar refractivity (Wildman–Crippen MR) is 38.6 cm³/mol. The molecule has 0 saturated heterocycles. The molecule has 3 nitrogen and oxygen atoms in total. The number of aliphatic hydroxyl groups excluding tert-OH is 1. The highest BCUT2D eigenvalue weighted by Crippen LogP contribution is 1.87. The lowest BCUT2D eigenvalue weighted by atomic mass is 10.5. The quantitative estimate of drug-likeness (QED) is 0.454. The Labute approximate surface area is 61.3 Å². The molecule has 10 heavy (non-hydrogen) atoms. The van der Waals surface area contributed by atoms with E-state index < -0.39 is 6.29 Å². The van der Waals surface area contributed by atoms with Crippen LogP contribution >= 0.6 is 0 Å². The molecule has 1 atom stereocenters. The first-order valence-corrected chi connectivity index (χ1v) is 3.21. The fourth-order valence-corrected chi connectivity index (χ4v) is 0.454. The average Bonchev–Trinajstić information content (AvgIpc) is 1.89. The summed E-state index contributed by atoms with van der Waals surface area (Å²) in [4.78, 5) is 0. The normalized spacial score (nSPS) is 14.3. The summed E-state index contributed by atoms with van der Waals surface area (Å²) in [5.74, 6) is 0. The fraction of sp³-hybridized carbons (Fsp3) is 0.714. The summed E-state index contributed by atoms with van der Waals surface area (Å²) in [7, 11) is 1.52. The van der Waals surface area contributed by atoms with Gasteiger partial charge in [0.25, 0.3) is 0 Å². The molecule has 0 aromatic rings. The van der Waals surface area contributed by atoms with Crippen molar-refractivity contribution < 1.29 is 14.6 Å². The first kappa shape index (κ1) is 9.62. The Hall–Kier alpha value is -0.380. The SMILES string of the molecule is CC=CCOC(O)COC. The maximum absolute atomic E-state index is 8.89. The van der Waals surface area contributed by atoms with Gasteiger partial charge in [-0.25, -0.2) is 0 Å². The van der Waals surface area contributed by atoms with E-state index >= 15 is 0 Å². The van der Waals surface area contributed by atoms with Gasteiger partial charge in [-0.2, -0.15) is 0 Å². The lowest BCUT2D eigenvalue weighted by Crippen LogP contribution is -2.17. The number of rotatable bonds is 5. The first-order chi connectivity index (χ1) is 4.81. The second-order valence-corrected chi connectivity index (χ2v) is 1.81. The lowest BCUT2D eigenvalue weighted by molar-refractivity contribution is -0.123. The molecule has 1 unspecified atom stereocenters. The molecular formula is C7H14O3. The summed E-state index contributed by atoms with van der Waals surface area (Å²) in [6.07, 6.45) is 2.87. The molecule has 0 aromatic carbocycles. The summed E-state index contributed by atoms with van der Waals surface area (Å²) >= 11 is 0. The number of ether oxygens (including phenoxy) is 2. The molecule has 0 amide bonds. The molecule has 0 aromatic heterocycles. The Morgan fingerprint density at radius 2 is 2.30 bits per heavy atom. The third-order valence-corrected chi connectivity index (χ3v) is 0.930. The van der Waals surface area contributed by atoms with E-state index in [-0.39, 0.29) is 6.61 Å². The Morgan fingerprint density at radius 3 is 2.80 bits per heavy atom. The van der Waals surface area contributed by atoms with Crippen LogP contribution in [0.25, 0.3) is 0 Å². The van der Waals surface area contributed by atoms with Gasteiger partial charge in [-0.05, 0) is 6.92 Å². The molecule has 0 saturated carbocycles. The molecule has 0 aliphatic carbocycles. The largest absolute Gasteiger partial charge is 0.379 e. The minimum absolute atomic E-state index is 0.220. The third-order valence-electron chi connectivity index (χ3n) is 0.930. The number of hydrogen-bond donors (Lipinski definition) is 1. The van der Waals surface area contributed by atoms with E-state index in [1.165, 1.54) is 7.11 Å². The van der Waals surface area contributed by atoms with E-state index in [1.54, 1.807) is 0 Å². The number of aliphatic hydroxyl groups is 1. The van der Waals surface area contributed by atoms with Gasteiger partial charge in [0.15, 0.2) is 6.29 Å². The topological polar surface area (TPSA) is 38.7 Å². The Kier molecular flexibility index (Phi) is 6.48. The van der Waals surface area contributed by atoms with E-state index in [1.807, 2.05) is 19.1 Å². The van der Waals surface area contributed by atoms with Gasteiger partial charge < -0.3 is 14.6 Å². The molecule has 0 heterocycles. The molecular weight excluding hydrogens is 132 g/mol. The van der Waals surface area contributed by atoms with Gasteiger partial charge in [-0.3, -0.25) is 0 Å². The molecule has 0 rings (SSSR count). The van der Waals surface area contributed by atoms with Crippen LogP contribution in [0, 0.1) is 0 Å². The monoisotopic (exact) mass is 146 g/mol. The highest BCUT2D eigenvalue weighted by atomic mass is 16.6. The van der Waals surface area contributed by atoms with Crippen molar-refractivity contribution in [2.75, 3.05) is 20.3 Å². The van der Waals surface area contributed by atoms with Gasteiger partial charge >= 0.3 is 0 Å². The van der Waals surface area contributed by atoms with Crippen LogP contribution in [-0.4, -0.2) is 31.7 Å². The molecule has 1 N–H and O–H groups in total. The van der Waals surface area contributed by atoms with Crippen molar-refractivity contribution in [3.8, 4) is 0 Å². The minimum atomic E-state index is -0.804. The smallest absolute Gasteiger partial charge is 0.178 e. The number of allylic oxidation sites excluding steroid dienone is 1. The van der Waals surface area contributed by atoms with E-state index in [9.17, 15) is 0 Å². The first-order valence-electron chi connectivity index (χ1n) is 3.21. The fourth-order valence-electron chi connectivity index (χ4n) is 0.454. The van der Waals surface area contributed by atoms with Crippen LogP contribution in [-0.2, 0) is 9.47 Å². The van der Waals surface area contributed by atoms with E-state index in [0.717, 1.165) is 0 Å². The van der Waals surface area contributed by atoms with Gasteiger partial charge in [0.2, 0.25) is 0 Å². The summed E-state index contributed by atoms with van der Waals surface area (Å²) in [5.41, 5.74) is 0. The van der Waals surface area contributed by atoms with Crippen molar-refractivity contribution in [3.05, 3.63) is 12.2 Å². The molecule has 0 spiro atoms. The zero-order valence-electron chi connectivity index (χ0n) is 6.41. The second kappa shape index (κ2) is 6.74. The Bertz CT molecular complexity index is 90.9. The highest BCUT2D eigenvalue weighted by molar-refractivity contribution is 4.75. The standard InChI is InChI=1S/C7H14O3/c1-3-4-5-10-7(8)6-9-2/h3-4,7-8H,5-6H2,1-2H3. The molecule has 3 heteroatoms. The van der Waals surface area contributed by atoms with Gasteiger partial charge in [-0.1, -0.05) is 12.2 Å². The second-order valence-electron chi connectivity index (χ2n) is 1.81. The van der Waals surface area contributed by atoms with Crippen LogP contribution in [0.3, 0.4) is 0 Å². The lowest BCUT2D eigenvalue weighted by Gasteiger charge is -2.07. The molecule has 0 aliphatic rings. The molecule has 60 valence electrons. The van der Waals surface area contributed by atoms with Crippen LogP contribution in [0.5, 0.6) is 0 Å². The summed E-state index contributed by atoms with van der Waals surface area (Å²) in [6.45, 7) is 2.55. The molecule has 0 fully saturated rings. The summed E-state index contributed by atoms with van der Waals surface area (Å²) < 4.78 is 9.50. The van der Waals surface area contributed by atoms with Gasteiger partial charge in [0.1, 0.15) is 0 Å². The predicted octanol–water partition coefficient (Wildman–Crippen LogP) is 0.544. The summed E-state index contributed by atoms with van der Waals surface area (Å²) in [6, 6.07) is 0. The minimum Gasteiger partial charge on any atom is -0.379 e. The highest BCUT2D eigenvalue weighted by Gasteiger charge is 1.99. The van der Waals surface area contributed by atoms with Crippen LogP contribution in [0.1, 0.15) is 6.92 Å². The van der Waals surface area contributed by atoms with Crippen LogP contribution in [0.4, 0.5) is 0 Å². The average molecular weight is 146 g/mol. The van der Waals surface area contributed by atoms with E-state index in [4.69, 9.17) is 9.84 Å². The Balaban J connectivity index is 3.12. The maximum atomic E-state index is 8.89. The van der Waals surface area contributed by atoms with Gasteiger partial charge in [0.05, 0.1) is 13.2 Å². The van der Waals surface area contributed by atoms with Crippen molar-refractivity contribution in [1.82, 2.24) is 0 Å². The maximum Gasteiger partial charge on any atom is 0.178 e.